The highest BCUT2D eigenvalue weighted by Gasteiger charge is 2.20. The van der Waals surface area contributed by atoms with Crippen LogP contribution >= 0.6 is 0 Å². The Morgan fingerprint density at radius 2 is 2.03 bits per heavy atom. The van der Waals surface area contributed by atoms with Crippen LogP contribution < -0.4 is 15.4 Å². The number of likely N-dealkylation sites (N-methyl/N-ethyl adjacent to an activating group) is 1. The first-order valence-electron chi connectivity index (χ1n) is 11.6. The number of hydrogen-bond acceptors (Lipinski definition) is 10. The van der Waals surface area contributed by atoms with E-state index >= 15 is 0 Å². The predicted molar refractivity (Wildman–Crippen MR) is 142 cm³/mol. The molecule has 0 fully saturated rings. The van der Waals surface area contributed by atoms with Gasteiger partial charge in [0.05, 0.1) is 12.3 Å². The summed E-state index contributed by atoms with van der Waals surface area (Å²) in [5.41, 5.74) is 3.49. The number of aromatic nitrogens is 3. The van der Waals surface area contributed by atoms with E-state index in [2.05, 4.69) is 54.0 Å². The van der Waals surface area contributed by atoms with Gasteiger partial charge in [-0.15, -0.1) is 0 Å². The minimum atomic E-state index is -2.36. The summed E-state index contributed by atoms with van der Waals surface area (Å²) in [4.78, 5) is 15.5. The maximum Gasteiger partial charge on any atom is 0.229 e. The van der Waals surface area contributed by atoms with Crippen molar-refractivity contribution >= 4 is 38.8 Å². The van der Waals surface area contributed by atoms with Gasteiger partial charge in [0.15, 0.2) is 11.6 Å². The van der Waals surface area contributed by atoms with E-state index in [1.807, 2.05) is 19.9 Å². The molecule has 10 nitrogen and oxygen atoms in total. The number of anilines is 4. The predicted octanol–water partition coefficient (Wildman–Crippen LogP) is 4.36. The highest BCUT2D eigenvalue weighted by molar-refractivity contribution is 7.92. The number of fused-ring (bicyclic) bond motifs is 1. The Kier molecular flexibility index (Phi) is 7.37. The minimum absolute atomic E-state index is 0.0507. The van der Waals surface area contributed by atoms with Crippen molar-refractivity contribution in [1.29, 1.82) is 5.26 Å². The smallest absolute Gasteiger partial charge is 0.229 e. The van der Waals surface area contributed by atoms with E-state index in [-0.39, 0.29) is 11.7 Å². The highest BCUT2D eigenvalue weighted by atomic mass is 32.2. The number of rotatable bonds is 7. The lowest BCUT2D eigenvalue weighted by molar-refractivity contribution is 0.234. The van der Waals surface area contributed by atoms with Crippen LogP contribution in [0.4, 0.5) is 29.1 Å². The average molecular weight is 507 g/mol. The molecule has 188 valence electrons. The van der Waals surface area contributed by atoms with Crippen LogP contribution in [0.15, 0.2) is 40.9 Å². The second-order valence-corrected chi connectivity index (χ2v) is 11.8. The monoisotopic (exact) mass is 506 g/mol. The van der Waals surface area contributed by atoms with Gasteiger partial charge in [-0.3, -0.25) is 0 Å². The number of ether oxygens (including phenoxy) is 1. The topological polar surface area (TPSA) is 128 Å². The first-order chi connectivity index (χ1) is 17.1. The Bertz CT molecular complexity index is 1430. The molecule has 1 aliphatic rings. The number of nitrogens with zero attached hydrogens (tertiary/aromatic N) is 6. The van der Waals surface area contributed by atoms with E-state index in [0.717, 1.165) is 30.9 Å². The van der Waals surface area contributed by atoms with Crippen molar-refractivity contribution in [2.75, 3.05) is 36.7 Å². The van der Waals surface area contributed by atoms with E-state index in [4.69, 9.17) is 4.74 Å². The zero-order valence-electron chi connectivity index (χ0n) is 21.1. The Labute approximate surface area is 211 Å². The Morgan fingerprint density at radius 1 is 1.22 bits per heavy atom. The average Bonchev–Trinajstić information content (AvgIpc) is 2.78. The fourth-order valence-corrected chi connectivity index (χ4v) is 4.42. The molecule has 0 saturated heterocycles. The summed E-state index contributed by atoms with van der Waals surface area (Å²) >= 11 is 0. The van der Waals surface area contributed by atoms with Gasteiger partial charge in [-0.25, -0.2) is 14.2 Å². The van der Waals surface area contributed by atoms with Crippen LogP contribution in [0.1, 0.15) is 30.5 Å². The molecule has 0 atom stereocenters. The van der Waals surface area contributed by atoms with Gasteiger partial charge in [-0.1, -0.05) is 6.07 Å². The van der Waals surface area contributed by atoms with Crippen LogP contribution in [0.3, 0.4) is 0 Å². The molecule has 0 spiro atoms. The lowest BCUT2D eigenvalue weighted by Gasteiger charge is -2.28. The van der Waals surface area contributed by atoms with Crippen molar-refractivity contribution in [1.82, 2.24) is 19.9 Å². The summed E-state index contributed by atoms with van der Waals surface area (Å²) < 4.78 is 22.3. The zero-order chi connectivity index (χ0) is 25.9. The summed E-state index contributed by atoms with van der Waals surface area (Å²) in [5, 5.41) is 15.9. The van der Waals surface area contributed by atoms with Crippen LogP contribution in [0.5, 0.6) is 5.75 Å². The Balaban J connectivity index is 1.64. The third-order valence-corrected chi connectivity index (χ3v) is 5.93. The van der Waals surface area contributed by atoms with Crippen LogP contribution in [0.2, 0.25) is 0 Å². The number of benzene rings is 1. The molecule has 2 aromatic heterocycles. The summed E-state index contributed by atoms with van der Waals surface area (Å²) in [6.07, 6.45) is 5.52. The van der Waals surface area contributed by atoms with Crippen molar-refractivity contribution in [3.8, 4) is 11.8 Å². The summed E-state index contributed by atoms with van der Waals surface area (Å²) in [7, 11) is -0.258. The number of pyridine rings is 1. The molecule has 0 aliphatic carbocycles. The van der Waals surface area contributed by atoms with Gasteiger partial charge in [-0.2, -0.15) is 14.6 Å². The molecule has 0 saturated carbocycles. The molecule has 0 amide bonds. The maximum atomic E-state index is 12.0. The van der Waals surface area contributed by atoms with E-state index < -0.39 is 9.73 Å². The molecule has 1 aliphatic heterocycles. The summed E-state index contributed by atoms with van der Waals surface area (Å²) in [6.45, 7) is 5.84. The lowest BCUT2D eigenvalue weighted by atomic mass is 9.98. The van der Waals surface area contributed by atoms with Gasteiger partial charge in [0, 0.05) is 52.6 Å². The number of nitriles is 1. The third kappa shape index (κ3) is 6.47. The van der Waals surface area contributed by atoms with Gasteiger partial charge in [0.25, 0.3) is 0 Å². The summed E-state index contributed by atoms with van der Waals surface area (Å²) in [5.74, 6) is 2.23. The van der Waals surface area contributed by atoms with E-state index in [1.165, 1.54) is 17.3 Å². The SMILES string of the molecule is CC(C)Oc1cc(Nc2ncc(C#N)c(Nc3cccc(N=S(C)(C)=O)n3)n2)cc2c1CCN(C)C2. The van der Waals surface area contributed by atoms with E-state index in [9.17, 15) is 9.47 Å². The van der Waals surface area contributed by atoms with E-state index in [1.54, 1.807) is 30.7 Å². The van der Waals surface area contributed by atoms with Gasteiger partial charge >= 0.3 is 0 Å². The molecule has 0 bridgehead atoms. The lowest BCUT2D eigenvalue weighted by Crippen LogP contribution is -2.27. The Hall–Kier alpha value is -3.75. The molecule has 11 heteroatoms. The fraction of sp³-hybridized carbons (Fsp3) is 0.360. The van der Waals surface area contributed by atoms with Gasteiger partial charge in [0.1, 0.15) is 23.2 Å². The molecule has 0 radical (unpaired) electrons. The van der Waals surface area contributed by atoms with E-state index in [0.29, 0.717) is 23.4 Å². The van der Waals surface area contributed by atoms with Crippen molar-refractivity contribution in [2.24, 2.45) is 4.36 Å². The van der Waals surface area contributed by atoms with Crippen LogP contribution in [0, 0.1) is 11.3 Å². The van der Waals surface area contributed by atoms with Gasteiger partial charge < -0.3 is 20.3 Å². The fourth-order valence-electron chi connectivity index (χ4n) is 3.87. The second-order valence-electron chi connectivity index (χ2n) is 9.24. The van der Waals surface area contributed by atoms with Gasteiger partial charge in [0.2, 0.25) is 5.95 Å². The van der Waals surface area contributed by atoms with Crippen LogP contribution in [-0.2, 0) is 22.7 Å². The second kappa shape index (κ2) is 10.5. The molecule has 3 aromatic rings. The molecule has 4 rings (SSSR count). The van der Waals surface area contributed by atoms with Crippen LogP contribution in [-0.4, -0.2) is 56.3 Å². The maximum absolute atomic E-state index is 12.0. The third-order valence-electron chi connectivity index (χ3n) is 5.31. The van der Waals surface area contributed by atoms with Crippen LogP contribution in [0.25, 0.3) is 0 Å². The minimum Gasteiger partial charge on any atom is -0.491 e. The van der Waals surface area contributed by atoms with Crippen molar-refractivity contribution in [3.63, 3.8) is 0 Å². The molecule has 3 heterocycles. The molecular weight excluding hydrogens is 476 g/mol. The quantitative estimate of drug-likeness (QED) is 0.480. The largest absolute Gasteiger partial charge is 0.491 e. The van der Waals surface area contributed by atoms with Crippen molar-refractivity contribution in [3.05, 3.63) is 53.2 Å². The molecule has 0 unspecified atom stereocenters. The Morgan fingerprint density at radius 3 is 2.75 bits per heavy atom. The highest BCUT2D eigenvalue weighted by Crippen LogP contribution is 2.33. The normalized spacial score (nSPS) is 13.6. The van der Waals surface area contributed by atoms with Gasteiger partial charge in [-0.05, 0) is 51.1 Å². The number of nitrogens with one attached hydrogen (secondary N) is 2. The molecular formula is C25H30N8O2S. The molecule has 36 heavy (non-hydrogen) atoms. The zero-order valence-corrected chi connectivity index (χ0v) is 21.9. The molecule has 1 aromatic carbocycles. The van der Waals surface area contributed by atoms with Crippen molar-refractivity contribution in [2.45, 2.75) is 32.9 Å². The number of hydrogen-bond donors (Lipinski definition) is 2. The standard InChI is InChI=1S/C25H30N8O2S/c1-16(2)35-21-12-19(11-17-15-33(3)10-9-20(17)21)28-25-27-14-18(13-26)24(31-25)30-22-7-6-8-23(29-22)32-36(4,5)34/h6-8,11-12,14,16H,9-10,15H2,1-5H3,(H2,27,28,29,30,31). The molecule has 2 N–H and O–H groups in total. The van der Waals surface area contributed by atoms with Crippen molar-refractivity contribution < 1.29 is 8.95 Å². The first kappa shape index (κ1) is 25.3. The first-order valence-corrected chi connectivity index (χ1v) is 13.9. The summed E-state index contributed by atoms with van der Waals surface area (Å²) in [6, 6.07) is 11.3.